The van der Waals surface area contributed by atoms with Gasteiger partial charge in [0.2, 0.25) is 0 Å². The molecule has 34 heavy (non-hydrogen) atoms. The molecule has 0 spiro atoms. The van der Waals surface area contributed by atoms with Gasteiger partial charge in [0.15, 0.2) is 23.0 Å². The minimum Gasteiger partial charge on any atom is -0.493 e. The molecule has 1 saturated carbocycles. The van der Waals surface area contributed by atoms with E-state index in [0.717, 1.165) is 68.8 Å². The normalized spacial score (nSPS) is 20.7. The average molecular weight is 469 g/mol. The lowest BCUT2D eigenvalue weighted by Crippen LogP contribution is -2.23. The van der Waals surface area contributed by atoms with Crippen molar-refractivity contribution in [3.05, 3.63) is 47.5 Å². The molecule has 2 fully saturated rings. The number of hydrogen-bond donors (Lipinski definition) is 0. The number of carbonyl (C=O) groups excluding carboxylic acids is 1. The Hall–Kier alpha value is -2.73. The van der Waals surface area contributed by atoms with Crippen LogP contribution in [0.25, 0.3) is 0 Å². The minimum absolute atomic E-state index is 0.00565. The van der Waals surface area contributed by atoms with Crippen molar-refractivity contribution in [3.63, 3.8) is 0 Å². The van der Waals surface area contributed by atoms with Crippen molar-refractivity contribution in [2.45, 2.75) is 44.9 Å². The van der Waals surface area contributed by atoms with Gasteiger partial charge in [-0.1, -0.05) is 31.4 Å². The van der Waals surface area contributed by atoms with Gasteiger partial charge in [-0.25, -0.2) is 0 Å². The lowest BCUT2D eigenvalue weighted by Gasteiger charge is -2.21. The number of hydrogen-bond acceptors (Lipinski definition) is 6. The number of benzene rings is 2. The van der Waals surface area contributed by atoms with Crippen LogP contribution in [-0.2, 0) is 22.4 Å². The lowest BCUT2D eigenvalue weighted by molar-refractivity contribution is -0.140. The zero-order chi connectivity index (χ0) is 23.9. The number of methoxy groups -OCH3 is 3. The van der Waals surface area contributed by atoms with Crippen LogP contribution in [-0.4, -0.2) is 40.5 Å². The molecule has 2 aliphatic rings. The first kappa shape index (κ1) is 24.4. The van der Waals surface area contributed by atoms with Gasteiger partial charge in [0, 0.05) is 0 Å². The molecule has 2 aromatic carbocycles. The van der Waals surface area contributed by atoms with Crippen molar-refractivity contribution in [1.82, 2.24) is 0 Å². The summed E-state index contributed by atoms with van der Waals surface area (Å²) in [6, 6.07) is 12.0. The van der Waals surface area contributed by atoms with Gasteiger partial charge in [0.25, 0.3) is 0 Å². The summed E-state index contributed by atoms with van der Waals surface area (Å²) in [4.78, 5) is 12.6. The lowest BCUT2D eigenvalue weighted by atomic mass is 9.85. The molecule has 1 aliphatic carbocycles. The van der Waals surface area contributed by atoms with E-state index in [2.05, 4.69) is 6.07 Å². The standard InChI is InChI=1S/C28H36O6/c1-30-24-11-9-19(15-26(24)31-2)13-22-17-33-18-23(22)14-20-10-12-25(27(16-20)32-3)34-28(29)21-7-5-4-6-8-21/h9-12,15-16,21-23H,4-8,13-14,17-18H2,1-3H3/t22-,23-/m0/s1. The molecule has 2 atom stereocenters. The number of ether oxygens (including phenoxy) is 5. The van der Waals surface area contributed by atoms with E-state index in [-0.39, 0.29) is 11.9 Å². The van der Waals surface area contributed by atoms with Crippen LogP contribution in [0, 0.1) is 17.8 Å². The van der Waals surface area contributed by atoms with Crippen molar-refractivity contribution in [2.24, 2.45) is 17.8 Å². The van der Waals surface area contributed by atoms with Crippen molar-refractivity contribution < 1.29 is 28.5 Å². The molecule has 0 N–H and O–H groups in total. The van der Waals surface area contributed by atoms with Crippen LogP contribution >= 0.6 is 0 Å². The highest BCUT2D eigenvalue weighted by Gasteiger charge is 2.29. The summed E-state index contributed by atoms with van der Waals surface area (Å²) in [5, 5.41) is 0. The summed E-state index contributed by atoms with van der Waals surface area (Å²) in [6.45, 7) is 1.48. The van der Waals surface area contributed by atoms with Crippen LogP contribution in [0.15, 0.2) is 36.4 Å². The molecular weight excluding hydrogens is 432 g/mol. The first-order valence-corrected chi connectivity index (χ1v) is 12.3. The Morgan fingerprint density at radius 3 is 1.85 bits per heavy atom. The molecular formula is C28H36O6. The molecule has 1 saturated heterocycles. The number of rotatable bonds is 9. The molecule has 2 aromatic rings. The molecule has 6 nitrogen and oxygen atoms in total. The first-order chi connectivity index (χ1) is 16.6. The Morgan fingerprint density at radius 1 is 0.765 bits per heavy atom. The van der Waals surface area contributed by atoms with E-state index in [9.17, 15) is 4.79 Å². The zero-order valence-corrected chi connectivity index (χ0v) is 20.5. The summed E-state index contributed by atoms with van der Waals surface area (Å²) in [5.41, 5.74) is 2.36. The topological polar surface area (TPSA) is 63.2 Å². The van der Waals surface area contributed by atoms with Gasteiger partial charge in [-0.2, -0.15) is 0 Å². The first-order valence-electron chi connectivity index (χ1n) is 12.3. The van der Waals surface area contributed by atoms with Crippen LogP contribution in [0.1, 0.15) is 43.2 Å². The third kappa shape index (κ3) is 5.84. The van der Waals surface area contributed by atoms with Gasteiger partial charge in [-0.15, -0.1) is 0 Å². The Bertz CT molecular complexity index is 965. The summed E-state index contributed by atoms with van der Waals surface area (Å²) < 4.78 is 28.0. The summed E-state index contributed by atoms with van der Waals surface area (Å²) in [6.07, 6.45) is 7.04. The SMILES string of the molecule is COc1ccc(C[C@H]2COC[C@@H]2Cc2ccc(OC(=O)C3CCCCC3)c(OC)c2)cc1OC. The van der Waals surface area contributed by atoms with Crippen LogP contribution in [0.3, 0.4) is 0 Å². The molecule has 0 bridgehead atoms. The van der Waals surface area contributed by atoms with E-state index in [1.54, 1.807) is 21.3 Å². The van der Waals surface area contributed by atoms with E-state index >= 15 is 0 Å². The quantitative estimate of drug-likeness (QED) is 0.370. The molecule has 184 valence electrons. The maximum absolute atomic E-state index is 12.6. The molecule has 1 aliphatic heterocycles. The van der Waals surface area contributed by atoms with Gasteiger partial charge >= 0.3 is 5.97 Å². The van der Waals surface area contributed by atoms with Gasteiger partial charge < -0.3 is 23.7 Å². The largest absolute Gasteiger partial charge is 0.493 e. The van der Waals surface area contributed by atoms with Crippen molar-refractivity contribution in [3.8, 4) is 23.0 Å². The van der Waals surface area contributed by atoms with E-state index in [4.69, 9.17) is 23.7 Å². The van der Waals surface area contributed by atoms with Crippen molar-refractivity contribution in [2.75, 3.05) is 34.5 Å². The number of carbonyl (C=O) groups is 1. The second-order valence-corrected chi connectivity index (χ2v) is 9.40. The molecule has 0 aromatic heterocycles. The Kier molecular flexibility index (Phi) is 8.33. The Labute approximate surface area is 202 Å². The summed E-state index contributed by atoms with van der Waals surface area (Å²) in [7, 11) is 4.93. The van der Waals surface area contributed by atoms with Crippen molar-refractivity contribution >= 4 is 5.97 Å². The fourth-order valence-electron chi connectivity index (χ4n) is 5.16. The van der Waals surface area contributed by atoms with E-state index in [1.807, 2.05) is 30.3 Å². The average Bonchev–Trinajstić information content (AvgIpc) is 3.31. The zero-order valence-electron chi connectivity index (χ0n) is 20.5. The molecule has 0 radical (unpaired) electrons. The van der Waals surface area contributed by atoms with Gasteiger partial charge in [-0.3, -0.25) is 4.79 Å². The molecule has 1 heterocycles. The maximum atomic E-state index is 12.6. The highest BCUT2D eigenvalue weighted by Crippen LogP contribution is 2.35. The summed E-state index contributed by atoms with van der Waals surface area (Å²) >= 11 is 0. The third-order valence-electron chi connectivity index (χ3n) is 7.15. The Morgan fingerprint density at radius 2 is 1.29 bits per heavy atom. The van der Waals surface area contributed by atoms with Crippen LogP contribution in [0.2, 0.25) is 0 Å². The molecule has 0 unspecified atom stereocenters. The predicted octanol–water partition coefficient (Wildman–Crippen LogP) is 5.25. The smallest absolute Gasteiger partial charge is 0.314 e. The van der Waals surface area contributed by atoms with Crippen LogP contribution in [0.4, 0.5) is 0 Å². The highest BCUT2D eigenvalue weighted by molar-refractivity contribution is 5.76. The monoisotopic (exact) mass is 468 g/mol. The van der Waals surface area contributed by atoms with Gasteiger partial charge in [0.1, 0.15) is 0 Å². The maximum Gasteiger partial charge on any atom is 0.314 e. The Balaban J connectivity index is 1.40. The summed E-state index contributed by atoms with van der Waals surface area (Å²) in [5.74, 6) is 3.28. The van der Waals surface area contributed by atoms with E-state index in [1.165, 1.54) is 12.0 Å². The molecule has 6 heteroatoms. The van der Waals surface area contributed by atoms with Crippen LogP contribution in [0.5, 0.6) is 23.0 Å². The van der Waals surface area contributed by atoms with Gasteiger partial charge in [0.05, 0.1) is 40.5 Å². The predicted molar refractivity (Wildman–Crippen MR) is 130 cm³/mol. The second-order valence-electron chi connectivity index (χ2n) is 9.40. The van der Waals surface area contributed by atoms with Gasteiger partial charge in [-0.05, 0) is 72.9 Å². The third-order valence-corrected chi connectivity index (χ3v) is 7.15. The van der Waals surface area contributed by atoms with E-state index < -0.39 is 0 Å². The van der Waals surface area contributed by atoms with Crippen molar-refractivity contribution in [1.29, 1.82) is 0 Å². The van der Waals surface area contributed by atoms with Crippen LogP contribution < -0.4 is 18.9 Å². The van der Waals surface area contributed by atoms with E-state index in [0.29, 0.717) is 23.3 Å². The molecule has 0 amide bonds. The highest BCUT2D eigenvalue weighted by atomic mass is 16.6. The molecule has 4 rings (SSSR count). The fourth-order valence-corrected chi connectivity index (χ4v) is 5.16. The fraction of sp³-hybridized carbons (Fsp3) is 0.536. The minimum atomic E-state index is -0.134. The number of esters is 1. The second kappa shape index (κ2) is 11.6.